The molecule has 0 saturated carbocycles. The van der Waals surface area contributed by atoms with Gasteiger partial charge in [-0.2, -0.15) is 11.8 Å². The lowest BCUT2D eigenvalue weighted by molar-refractivity contribution is -0.123. The zero-order chi connectivity index (χ0) is 13.8. The van der Waals surface area contributed by atoms with Crippen molar-refractivity contribution in [3.63, 3.8) is 0 Å². The Morgan fingerprint density at radius 2 is 2.09 bits per heavy atom. The molecule has 2 N–H and O–H groups in total. The third-order valence-corrected chi connectivity index (χ3v) is 6.56. The van der Waals surface area contributed by atoms with Crippen LogP contribution in [0.4, 0.5) is 0 Å². The van der Waals surface area contributed by atoms with Gasteiger partial charge in [-0.05, 0) is 12.2 Å². The summed E-state index contributed by atoms with van der Waals surface area (Å²) in [6.07, 6.45) is 1.17. The molecule has 2 atom stereocenters. The largest absolute Gasteiger partial charge is 0.379 e. The predicted molar refractivity (Wildman–Crippen MR) is 98.8 cm³/mol. The summed E-state index contributed by atoms with van der Waals surface area (Å²) in [5, 5.41) is 6.43. The van der Waals surface area contributed by atoms with Crippen molar-refractivity contribution < 1.29 is 9.53 Å². The van der Waals surface area contributed by atoms with Crippen LogP contribution in [0.5, 0.6) is 0 Å². The molecule has 9 heteroatoms. The summed E-state index contributed by atoms with van der Waals surface area (Å²) in [7, 11) is 0. The Bertz CT molecular complexity index is 348. The number of nitrogens with one attached hydrogen (secondary N) is 2. The van der Waals surface area contributed by atoms with Gasteiger partial charge in [0.1, 0.15) is 0 Å². The molecular formula is C13H25Cl2N3O2S2. The lowest BCUT2D eigenvalue weighted by Crippen LogP contribution is -2.60. The second-order valence-corrected chi connectivity index (χ2v) is 7.75. The highest BCUT2D eigenvalue weighted by Crippen LogP contribution is 2.33. The van der Waals surface area contributed by atoms with Crippen molar-refractivity contribution in [1.82, 2.24) is 15.5 Å². The van der Waals surface area contributed by atoms with E-state index in [1.807, 2.05) is 11.8 Å². The predicted octanol–water partition coefficient (Wildman–Crippen LogP) is 0.817. The van der Waals surface area contributed by atoms with Gasteiger partial charge in [0.05, 0.1) is 19.3 Å². The molecule has 0 spiro atoms. The summed E-state index contributed by atoms with van der Waals surface area (Å²) < 4.78 is 5.46. The number of ether oxygens (including phenoxy) is 1. The molecule has 22 heavy (non-hydrogen) atoms. The molecule has 3 aliphatic heterocycles. The quantitative estimate of drug-likeness (QED) is 0.741. The number of morpholine rings is 1. The van der Waals surface area contributed by atoms with E-state index in [2.05, 4.69) is 15.5 Å². The van der Waals surface area contributed by atoms with E-state index >= 15 is 0 Å². The third-order valence-electron chi connectivity index (χ3n) is 4.39. The average molecular weight is 390 g/mol. The number of thioether (sulfide) groups is 2. The Labute approximate surface area is 153 Å². The van der Waals surface area contributed by atoms with Gasteiger partial charge in [-0.25, -0.2) is 0 Å². The third kappa shape index (κ3) is 4.82. The maximum Gasteiger partial charge on any atom is 0.238 e. The van der Waals surface area contributed by atoms with Gasteiger partial charge in [0, 0.05) is 42.6 Å². The number of hydrogen-bond acceptors (Lipinski definition) is 6. The standard InChI is InChI=1S/C13H23N3O2S2.2ClH/c17-12(11-7-20-10-15-11)14-8-13(1-6-19-9-13)16-2-4-18-5-3-16;;/h11,15H,1-10H2,(H,14,17);2*1H. The van der Waals surface area contributed by atoms with Gasteiger partial charge in [-0.15, -0.1) is 36.6 Å². The molecule has 2 unspecified atom stereocenters. The van der Waals surface area contributed by atoms with E-state index in [1.165, 1.54) is 12.2 Å². The van der Waals surface area contributed by atoms with Crippen molar-refractivity contribution in [2.45, 2.75) is 18.0 Å². The van der Waals surface area contributed by atoms with Crippen LogP contribution < -0.4 is 10.6 Å². The van der Waals surface area contributed by atoms with Crippen molar-refractivity contribution in [1.29, 1.82) is 0 Å². The van der Waals surface area contributed by atoms with Crippen LogP contribution in [0.25, 0.3) is 0 Å². The molecule has 3 rings (SSSR count). The van der Waals surface area contributed by atoms with Crippen LogP contribution >= 0.6 is 48.3 Å². The van der Waals surface area contributed by atoms with Gasteiger partial charge in [-0.1, -0.05) is 0 Å². The van der Waals surface area contributed by atoms with E-state index in [4.69, 9.17) is 4.74 Å². The second kappa shape index (κ2) is 9.81. The SMILES string of the molecule is Cl.Cl.O=C(NCC1(N2CCOCC2)CCSC1)C1CSCN1. The van der Waals surface area contributed by atoms with Gasteiger partial charge in [0.25, 0.3) is 0 Å². The topological polar surface area (TPSA) is 53.6 Å². The van der Waals surface area contributed by atoms with Gasteiger partial charge >= 0.3 is 0 Å². The van der Waals surface area contributed by atoms with Crippen LogP contribution in [0.2, 0.25) is 0 Å². The Kier molecular flexibility index (Phi) is 9.22. The number of nitrogens with zero attached hydrogens (tertiary/aromatic N) is 1. The molecular weight excluding hydrogens is 365 g/mol. The maximum atomic E-state index is 12.2. The molecule has 0 aromatic rings. The van der Waals surface area contributed by atoms with E-state index in [0.29, 0.717) is 0 Å². The van der Waals surface area contributed by atoms with Crippen molar-refractivity contribution in [2.75, 3.05) is 56.0 Å². The Morgan fingerprint density at radius 3 is 2.68 bits per heavy atom. The highest BCUT2D eigenvalue weighted by atomic mass is 35.5. The molecule has 3 aliphatic rings. The molecule has 5 nitrogen and oxygen atoms in total. The second-order valence-electron chi connectivity index (χ2n) is 5.62. The lowest BCUT2D eigenvalue weighted by atomic mass is 9.95. The average Bonchev–Trinajstić information content (AvgIpc) is 3.18. The van der Waals surface area contributed by atoms with Crippen LogP contribution in [0.3, 0.4) is 0 Å². The smallest absolute Gasteiger partial charge is 0.238 e. The minimum atomic E-state index is -0.00389. The lowest BCUT2D eigenvalue weighted by Gasteiger charge is -2.43. The normalized spacial score (nSPS) is 32.1. The first-order valence-corrected chi connectivity index (χ1v) is 9.61. The molecule has 3 heterocycles. The molecule has 3 fully saturated rings. The summed E-state index contributed by atoms with van der Waals surface area (Å²) in [4.78, 5) is 14.7. The fourth-order valence-electron chi connectivity index (χ4n) is 3.07. The molecule has 0 bridgehead atoms. The van der Waals surface area contributed by atoms with E-state index in [-0.39, 0.29) is 42.3 Å². The number of rotatable bonds is 4. The van der Waals surface area contributed by atoms with Crippen LogP contribution in [0.1, 0.15) is 6.42 Å². The number of halogens is 2. The first-order chi connectivity index (χ1) is 9.80. The number of carbonyl (C=O) groups excluding carboxylic acids is 1. The summed E-state index contributed by atoms with van der Waals surface area (Å²) >= 11 is 3.80. The minimum Gasteiger partial charge on any atom is -0.379 e. The summed E-state index contributed by atoms with van der Waals surface area (Å²) in [6.45, 7) is 4.41. The Morgan fingerprint density at radius 1 is 1.32 bits per heavy atom. The van der Waals surface area contributed by atoms with Crippen molar-refractivity contribution in [3.05, 3.63) is 0 Å². The first-order valence-electron chi connectivity index (χ1n) is 7.30. The van der Waals surface area contributed by atoms with Gasteiger partial charge in [0.2, 0.25) is 5.91 Å². The summed E-state index contributed by atoms with van der Waals surface area (Å²) in [5.74, 6) is 4.28. The first kappa shape index (κ1) is 20.7. The Hall–Kier alpha value is 0.630. The number of amides is 1. The van der Waals surface area contributed by atoms with E-state index in [0.717, 1.165) is 50.2 Å². The van der Waals surface area contributed by atoms with Crippen LogP contribution in [-0.4, -0.2) is 78.4 Å². The number of hydrogen-bond donors (Lipinski definition) is 2. The molecule has 0 aromatic heterocycles. The fourth-order valence-corrected chi connectivity index (χ4v) is 5.49. The van der Waals surface area contributed by atoms with Crippen LogP contribution in [0.15, 0.2) is 0 Å². The zero-order valence-corrected chi connectivity index (χ0v) is 15.8. The molecule has 3 saturated heterocycles. The molecule has 0 aromatic carbocycles. The van der Waals surface area contributed by atoms with Crippen molar-refractivity contribution in [3.8, 4) is 0 Å². The van der Waals surface area contributed by atoms with Crippen LogP contribution in [-0.2, 0) is 9.53 Å². The zero-order valence-electron chi connectivity index (χ0n) is 12.5. The monoisotopic (exact) mass is 389 g/mol. The van der Waals surface area contributed by atoms with E-state index in [1.54, 1.807) is 11.8 Å². The molecule has 0 aliphatic carbocycles. The summed E-state index contributed by atoms with van der Waals surface area (Å²) in [6, 6.07) is -0.00389. The molecule has 1 amide bonds. The highest BCUT2D eigenvalue weighted by molar-refractivity contribution is 7.99. The molecule has 130 valence electrons. The Balaban J connectivity index is 0.00000121. The number of carbonyl (C=O) groups is 1. The van der Waals surface area contributed by atoms with Crippen LogP contribution in [0, 0.1) is 0 Å². The highest BCUT2D eigenvalue weighted by Gasteiger charge is 2.41. The van der Waals surface area contributed by atoms with Crippen molar-refractivity contribution in [2.24, 2.45) is 0 Å². The van der Waals surface area contributed by atoms with E-state index in [9.17, 15) is 4.79 Å². The van der Waals surface area contributed by atoms with Crippen molar-refractivity contribution >= 4 is 54.2 Å². The fraction of sp³-hybridized carbons (Fsp3) is 0.923. The van der Waals surface area contributed by atoms with E-state index < -0.39 is 0 Å². The van der Waals surface area contributed by atoms with Gasteiger partial charge in [0.15, 0.2) is 0 Å². The van der Waals surface area contributed by atoms with Gasteiger partial charge < -0.3 is 10.1 Å². The minimum absolute atomic E-state index is 0. The molecule has 0 radical (unpaired) electrons. The maximum absolute atomic E-state index is 12.2. The van der Waals surface area contributed by atoms with Gasteiger partial charge in [-0.3, -0.25) is 15.0 Å². The summed E-state index contributed by atoms with van der Waals surface area (Å²) in [5.41, 5.74) is 0.149.